The van der Waals surface area contributed by atoms with Crippen molar-refractivity contribution in [3.63, 3.8) is 0 Å². The van der Waals surface area contributed by atoms with Crippen LogP contribution in [0.25, 0.3) is 0 Å². The van der Waals surface area contributed by atoms with E-state index >= 15 is 0 Å². The molecule has 4 N–H and O–H groups in total. The van der Waals surface area contributed by atoms with Gasteiger partial charge in [-0.1, -0.05) is 0 Å². The number of H-pyrrole nitrogens is 1. The number of hydrogen-bond acceptors (Lipinski definition) is 6. The molecular formula is C10H16N2O6. The highest BCUT2D eigenvalue weighted by Gasteiger charge is 2.18. The Hall–Kier alpha value is -1.48. The van der Waals surface area contributed by atoms with Crippen LogP contribution in [0.15, 0.2) is 15.8 Å². The Labute approximate surface area is 102 Å². The Morgan fingerprint density at radius 1 is 1.28 bits per heavy atom. The van der Waals surface area contributed by atoms with Crippen molar-refractivity contribution in [3.8, 4) is 0 Å². The first kappa shape index (κ1) is 14.6. The first-order valence-corrected chi connectivity index (χ1v) is 5.33. The first-order valence-electron chi connectivity index (χ1n) is 5.33. The predicted octanol–water partition coefficient (Wildman–Crippen LogP) is -2.29. The van der Waals surface area contributed by atoms with Crippen molar-refractivity contribution >= 4 is 0 Å². The van der Waals surface area contributed by atoms with Crippen LogP contribution in [0.3, 0.4) is 0 Å². The maximum absolute atomic E-state index is 11.5. The molecule has 102 valence electrons. The minimum Gasteiger partial charge on any atom is -0.394 e. The second-order valence-electron chi connectivity index (χ2n) is 3.74. The molecule has 1 rings (SSSR count). The highest BCUT2D eigenvalue weighted by molar-refractivity contribution is 5.01. The molecule has 1 aromatic heterocycles. The molecule has 0 radical (unpaired) electrons. The number of aliphatic hydroxyl groups is 3. The first-order chi connectivity index (χ1) is 8.53. The second kappa shape index (κ2) is 6.45. The van der Waals surface area contributed by atoms with Gasteiger partial charge in [0.25, 0.3) is 5.56 Å². The fraction of sp³-hybridized carbons (Fsp3) is 0.600. The number of aromatic nitrogens is 2. The third kappa shape index (κ3) is 3.26. The van der Waals surface area contributed by atoms with Crippen molar-refractivity contribution in [2.45, 2.75) is 19.3 Å². The lowest BCUT2D eigenvalue weighted by Crippen LogP contribution is -2.38. The summed E-state index contributed by atoms with van der Waals surface area (Å²) in [7, 11) is 0. The van der Waals surface area contributed by atoms with Crippen LogP contribution in [-0.2, 0) is 4.74 Å². The number of nitrogens with zero attached hydrogens (tertiary/aromatic N) is 1. The Morgan fingerprint density at radius 2 is 1.89 bits per heavy atom. The van der Waals surface area contributed by atoms with Gasteiger partial charge < -0.3 is 20.1 Å². The molecule has 1 atom stereocenters. The van der Waals surface area contributed by atoms with Crippen LogP contribution in [0.2, 0.25) is 0 Å². The Bertz CT molecular complexity index is 490. The smallest absolute Gasteiger partial charge is 0.330 e. The van der Waals surface area contributed by atoms with E-state index in [-0.39, 0.29) is 5.56 Å². The third-order valence-corrected chi connectivity index (χ3v) is 2.37. The molecule has 0 aromatic carbocycles. The standard InChI is InChI=1S/C10H16N2O6/c1-6-2-12(10(17)11-9(6)16)8(5-15)18-7(3-13)4-14/h2,7-8,13-15H,3-5H2,1H3,(H,11,16,17)/t8-/m1/s1. The average molecular weight is 260 g/mol. The minimum absolute atomic E-state index is 0.279. The fourth-order valence-electron chi connectivity index (χ4n) is 1.36. The summed E-state index contributed by atoms with van der Waals surface area (Å²) in [4.78, 5) is 24.8. The highest BCUT2D eigenvalue weighted by atomic mass is 16.5. The largest absolute Gasteiger partial charge is 0.394 e. The van der Waals surface area contributed by atoms with Gasteiger partial charge in [0.1, 0.15) is 6.10 Å². The van der Waals surface area contributed by atoms with Crippen molar-refractivity contribution in [3.05, 3.63) is 32.6 Å². The molecule has 1 heterocycles. The van der Waals surface area contributed by atoms with Crippen molar-refractivity contribution < 1.29 is 20.1 Å². The number of aromatic amines is 1. The van der Waals surface area contributed by atoms with Gasteiger partial charge in [-0.05, 0) is 6.92 Å². The lowest BCUT2D eigenvalue weighted by atomic mass is 10.3. The molecule has 0 saturated carbocycles. The van der Waals surface area contributed by atoms with Crippen LogP contribution in [0.4, 0.5) is 0 Å². The van der Waals surface area contributed by atoms with Crippen LogP contribution in [0, 0.1) is 6.92 Å². The zero-order valence-corrected chi connectivity index (χ0v) is 9.87. The van der Waals surface area contributed by atoms with E-state index in [4.69, 9.17) is 20.1 Å². The molecule has 0 aliphatic carbocycles. The molecule has 8 nitrogen and oxygen atoms in total. The van der Waals surface area contributed by atoms with Gasteiger partial charge in [0.15, 0.2) is 6.23 Å². The molecule has 0 unspecified atom stereocenters. The van der Waals surface area contributed by atoms with Crippen molar-refractivity contribution in [1.82, 2.24) is 9.55 Å². The Kier molecular flexibility index (Phi) is 5.23. The van der Waals surface area contributed by atoms with Gasteiger partial charge >= 0.3 is 5.69 Å². The predicted molar refractivity (Wildman–Crippen MR) is 61.2 cm³/mol. The van der Waals surface area contributed by atoms with Crippen LogP contribution in [0.5, 0.6) is 0 Å². The lowest BCUT2D eigenvalue weighted by Gasteiger charge is -2.22. The zero-order chi connectivity index (χ0) is 13.7. The summed E-state index contributed by atoms with van der Waals surface area (Å²) in [6.45, 7) is 0.0504. The number of ether oxygens (including phenoxy) is 1. The summed E-state index contributed by atoms with van der Waals surface area (Å²) in [5.41, 5.74) is -0.978. The summed E-state index contributed by atoms with van der Waals surface area (Å²) in [5.74, 6) is 0. The van der Waals surface area contributed by atoms with Gasteiger partial charge in [0, 0.05) is 11.8 Å². The van der Waals surface area contributed by atoms with Gasteiger partial charge in [-0.15, -0.1) is 0 Å². The quantitative estimate of drug-likeness (QED) is 0.456. The van der Waals surface area contributed by atoms with Crippen LogP contribution >= 0.6 is 0 Å². The highest BCUT2D eigenvalue weighted by Crippen LogP contribution is 2.08. The number of aliphatic hydroxyl groups excluding tert-OH is 3. The summed E-state index contributed by atoms with van der Waals surface area (Å²) < 4.78 is 6.15. The Morgan fingerprint density at radius 3 is 2.39 bits per heavy atom. The molecule has 0 aliphatic heterocycles. The lowest BCUT2D eigenvalue weighted by molar-refractivity contribution is -0.113. The third-order valence-electron chi connectivity index (χ3n) is 2.37. The van der Waals surface area contributed by atoms with Crippen LogP contribution < -0.4 is 11.2 Å². The van der Waals surface area contributed by atoms with E-state index in [9.17, 15) is 9.59 Å². The maximum Gasteiger partial charge on any atom is 0.330 e. The summed E-state index contributed by atoms with van der Waals surface area (Å²) >= 11 is 0. The minimum atomic E-state index is -1.09. The summed E-state index contributed by atoms with van der Waals surface area (Å²) in [6, 6.07) is 0. The van der Waals surface area contributed by atoms with E-state index in [0.717, 1.165) is 4.57 Å². The summed E-state index contributed by atoms with van der Waals surface area (Å²) in [6.07, 6.45) is -0.757. The van der Waals surface area contributed by atoms with E-state index < -0.39 is 43.4 Å². The normalized spacial score (nSPS) is 12.9. The van der Waals surface area contributed by atoms with Crippen molar-refractivity contribution in [1.29, 1.82) is 0 Å². The molecule has 0 saturated heterocycles. The van der Waals surface area contributed by atoms with Gasteiger partial charge in [-0.25, -0.2) is 4.79 Å². The zero-order valence-electron chi connectivity index (χ0n) is 9.87. The monoisotopic (exact) mass is 260 g/mol. The number of nitrogens with one attached hydrogen (secondary N) is 1. The molecule has 18 heavy (non-hydrogen) atoms. The average Bonchev–Trinajstić information content (AvgIpc) is 2.36. The van der Waals surface area contributed by atoms with Gasteiger partial charge in [-0.3, -0.25) is 14.3 Å². The number of aryl methyl sites for hydroxylation is 1. The van der Waals surface area contributed by atoms with Crippen molar-refractivity contribution in [2.24, 2.45) is 0 Å². The topological polar surface area (TPSA) is 125 Å². The fourth-order valence-corrected chi connectivity index (χ4v) is 1.36. The molecule has 0 spiro atoms. The Balaban J connectivity index is 3.05. The van der Waals surface area contributed by atoms with E-state index in [1.165, 1.54) is 13.1 Å². The second-order valence-corrected chi connectivity index (χ2v) is 3.74. The van der Waals surface area contributed by atoms with E-state index in [0.29, 0.717) is 0 Å². The van der Waals surface area contributed by atoms with Crippen LogP contribution in [0.1, 0.15) is 11.8 Å². The molecule has 0 bridgehead atoms. The SMILES string of the molecule is Cc1cn([C@@H](CO)OC(CO)CO)c(=O)[nH]c1=O. The number of hydrogen-bond donors (Lipinski definition) is 4. The molecule has 1 aromatic rings. The molecule has 8 heteroatoms. The van der Waals surface area contributed by atoms with Gasteiger partial charge in [0.05, 0.1) is 19.8 Å². The number of rotatable bonds is 6. The van der Waals surface area contributed by atoms with E-state index in [1.54, 1.807) is 0 Å². The van der Waals surface area contributed by atoms with Crippen LogP contribution in [-0.4, -0.2) is 50.8 Å². The summed E-state index contributed by atoms with van der Waals surface area (Å²) in [5, 5.41) is 26.9. The molecule has 0 aliphatic rings. The molecule has 0 fully saturated rings. The molecule has 0 amide bonds. The maximum atomic E-state index is 11.5. The van der Waals surface area contributed by atoms with E-state index in [2.05, 4.69) is 4.98 Å². The van der Waals surface area contributed by atoms with Gasteiger partial charge in [0.2, 0.25) is 0 Å². The molecular weight excluding hydrogens is 244 g/mol. The van der Waals surface area contributed by atoms with Gasteiger partial charge in [-0.2, -0.15) is 0 Å². The van der Waals surface area contributed by atoms with Crippen molar-refractivity contribution in [2.75, 3.05) is 19.8 Å². The van der Waals surface area contributed by atoms with E-state index in [1.807, 2.05) is 0 Å².